The minimum absolute atomic E-state index is 0.395. The Morgan fingerprint density at radius 3 is 1.64 bits per heavy atom. The molecule has 0 amide bonds. The van der Waals surface area contributed by atoms with Crippen molar-refractivity contribution in [2.45, 2.75) is 25.2 Å². The number of benzene rings is 5. The van der Waals surface area contributed by atoms with Gasteiger partial charge in [-0.15, -0.1) is 0 Å². The van der Waals surface area contributed by atoms with Crippen molar-refractivity contribution in [3.05, 3.63) is 131 Å². The fraction of sp³-hybridized carbons (Fsp3) is 0.129. The highest BCUT2D eigenvalue weighted by Gasteiger charge is 2.46. The van der Waals surface area contributed by atoms with Crippen molar-refractivity contribution in [2.24, 2.45) is 0 Å². The molecule has 0 fully saturated rings. The number of aryl methyl sites for hydroxylation is 1. The minimum atomic E-state index is -1.18. The first kappa shape index (κ1) is 21.0. The normalized spacial score (nSPS) is 13.3. The molecule has 0 bridgehead atoms. The monoisotopic (exact) mass is 430 g/mol. The van der Waals surface area contributed by atoms with Crippen molar-refractivity contribution in [2.75, 3.05) is 0 Å². The molecule has 0 spiro atoms. The Morgan fingerprint density at radius 1 is 0.667 bits per heavy atom. The summed E-state index contributed by atoms with van der Waals surface area (Å²) in [5, 5.41) is 15.2. The van der Waals surface area contributed by atoms with Gasteiger partial charge in [-0.05, 0) is 57.6 Å². The van der Waals surface area contributed by atoms with E-state index in [1.54, 1.807) is 0 Å². The number of carbonyl (C=O) groups is 1. The minimum Gasteiger partial charge on any atom is -0.481 e. The second-order valence-corrected chi connectivity index (χ2v) is 8.89. The maximum absolute atomic E-state index is 13.2. The van der Waals surface area contributed by atoms with Gasteiger partial charge in [0, 0.05) is 5.92 Å². The van der Waals surface area contributed by atoms with Crippen LogP contribution in [0.25, 0.3) is 21.5 Å². The molecule has 0 unspecified atom stereocenters. The summed E-state index contributed by atoms with van der Waals surface area (Å²) in [6.07, 6.45) is 0. The van der Waals surface area contributed by atoms with Gasteiger partial charge in [-0.2, -0.15) is 0 Å². The molecule has 2 nitrogen and oxygen atoms in total. The van der Waals surface area contributed by atoms with Crippen LogP contribution in [0, 0.1) is 6.92 Å². The highest BCUT2D eigenvalue weighted by molar-refractivity contribution is 5.94. The Balaban J connectivity index is 1.93. The van der Waals surface area contributed by atoms with Gasteiger partial charge in [0.15, 0.2) is 0 Å². The van der Waals surface area contributed by atoms with Crippen molar-refractivity contribution in [1.82, 2.24) is 0 Å². The van der Waals surface area contributed by atoms with E-state index < -0.39 is 17.3 Å². The molecule has 1 atom stereocenters. The van der Waals surface area contributed by atoms with Gasteiger partial charge in [-0.1, -0.05) is 109 Å². The van der Waals surface area contributed by atoms with Gasteiger partial charge in [0.25, 0.3) is 0 Å². The van der Waals surface area contributed by atoms with Crippen LogP contribution in [0.2, 0.25) is 0 Å². The summed E-state index contributed by atoms with van der Waals surface area (Å²) in [5.41, 5.74) is 2.69. The topological polar surface area (TPSA) is 37.3 Å². The van der Waals surface area contributed by atoms with Crippen LogP contribution in [0.3, 0.4) is 0 Å². The lowest BCUT2D eigenvalue weighted by Gasteiger charge is -2.37. The lowest BCUT2D eigenvalue weighted by Crippen LogP contribution is -2.40. The fourth-order valence-electron chi connectivity index (χ4n) is 5.34. The van der Waals surface area contributed by atoms with E-state index in [0.717, 1.165) is 43.8 Å². The number of carboxylic acid groups (broad SMARTS) is 1. The summed E-state index contributed by atoms with van der Waals surface area (Å²) in [4.78, 5) is 13.2. The standard InChI is InChI=1S/C31H26O2/c1-21-11-3-8-20-28(21)31(2,30(32)33)29(26-18-9-14-22-12-4-6-16-24(22)26)27-19-10-15-23-13-5-7-17-25(23)27/h3-20,29H,1-2H3,(H,32,33)/t31-/m0/s1. The molecule has 0 heterocycles. The van der Waals surface area contributed by atoms with E-state index in [1.165, 1.54) is 0 Å². The number of rotatable bonds is 5. The van der Waals surface area contributed by atoms with E-state index in [9.17, 15) is 9.90 Å². The molecule has 5 aromatic carbocycles. The number of fused-ring (bicyclic) bond motifs is 2. The van der Waals surface area contributed by atoms with Gasteiger partial charge < -0.3 is 5.11 Å². The second kappa shape index (κ2) is 8.22. The molecule has 2 heteroatoms. The predicted octanol–water partition coefficient (Wildman–Crippen LogP) is 7.48. The molecule has 0 aliphatic rings. The average Bonchev–Trinajstić information content (AvgIpc) is 2.84. The van der Waals surface area contributed by atoms with Gasteiger partial charge in [0.05, 0.1) is 0 Å². The maximum atomic E-state index is 13.2. The van der Waals surface area contributed by atoms with Crippen LogP contribution in [0.15, 0.2) is 109 Å². The van der Waals surface area contributed by atoms with Gasteiger partial charge in [0.1, 0.15) is 5.41 Å². The van der Waals surface area contributed by atoms with E-state index in [4.69, 9.17) is 0 Å². The average molecular weight is 431 g/mol. The van der Waals surface area contributed by atoms with Crippen LogP contribution in [0.4, 0.5) is 0 Å². The Kier molecular flexibility index (Phi) is 5.22. The summed E-state index contributed by atoms with van der Waals surface area (Å²) >= 11 is 0. The molecule has 5 aromatic rings. The molecule has 0 aromatic heterocycles. The predicted molar refractivity (Wildman–Crippen MR) is 136 cm³/mol. The van der Waals surface area contributed by atoms with Crippen LogP contribution in [-0.4, -0.2) is 11.1 Å². The first-order valence-electron chi connectivity index (χ1n) is 11.3. The smallest absolute Gasteiger partial charge is 0.314 e. The van der Waals surface area contributed by atoms with Crippen molar-refractivity contribution in [3.63, 3.8) is 0 Å². The lowest BCUT2D eigenvalue weighted by molar-refractivity contribution is -0.143. The number of hydrogen-bond acceptors (Lipinski definition) is 1. The van der Waals surface area contributed by atoms with Crippen molar-refractivity contribution in [1.29, 1.82) is 0 Å². The Labute approximate surface area is 194 Å². The molecule has 0 saturated carbocycles. The molecular formula is C31H26O2. The molecule has 0 aliphatic heterocycles. The van der Waals surface area contributed by atoms with Crippen LogP contribution in [0.5, 0.6) is 0 Å². The second-order valence-electron chi connectivity index (χ2n) is 8.89. The van der Waals surface area contributed by atoms with E-state index in [-0.39, 0.29) is 0 Å². The van der Waals surface area contributed by atoms with Crippen molar-refractivity contribution in [3.8, 4) is 0 Å². The maximum Gasteiger partial charge on any atom is 0.314 e. The van der Waals surface area contributed by atoms with Crippen molar-refractivity contribution < 1.29 is 9.90 Å². The van der Waals surface area contributed by atoms with E-state index in [0.29, 0.717) is 0 Å². The summed E-state index contributed by atoms with van der Waals surface area (Å²) in [6, 6.07) is 36.8. The largest absolute Gasteiger partial charge is 0.481 e. The highest BCUT2D eigenvalue weighted by Crippen LogP contribution is 2.48. The number of carboxylic acids is 1. The number of hydrogen-bond donors (Lipinski definition) is 1. The Bertz CT molecular complexity index is 1390. The molecule has 5 rings (SSSR count). The first-order chi connectivity index (χ1) is 16.0. The van der Waals surface area contributed by atoms with Gasteiger partial charge in [-0.3, -0.25) is 4.79 Å². The molecular weight excluding hydrogens is 404 g/mol. The zero-order valence-electron chi connectivity index (χ0n) is 18.8. The SMILES string of the molecule is Cc1ccccc1[C@](C)(C(=O)O)C(c1cccc2ccccc12)c1cccc2ccccc12. The first-order valence-corrected chi connectivity index (χ1v) is 11.3. The molecule has 0 aliphatic carbocycles. The third-order valence-corrected chi connectivity index (χ3v) is 6.99. The van der Waals surface area contributed by atoms with E-state index >= 15 is 0 Å². The zero-order chi connectivity index (χ0) is 23.0. The Hall–Kier alpha value is -3.91. The zero-order valence-corrected chi connectivity index (χ0v) is 18.8. The third-order valence-electron chi connectivity index (χ3n) is 6.99. The quantitative estimate of drug-likeness (QED) is 0.314. The van der Waals surface area contributed by atoms with Gasteiger partial charge >= 0.3 is 5.97 Å². The van der Waals surface area contributed by atoms with E-state index in [1.807, 2.05) is 74.5 Å². The lowest BCUT2D eigenvalue weighted by atomic mass is 9.64. The summed E-state index contributed by atoms with van der Waals surface area (Å²) in [5.74, 6) is -1.23. The third kappa shape index (κ3) is 3.39. The van der Waals surface area contributed by atoms with Crippen LogP contribution in [0.1, 0.15) is 35.1 Å². The van der Waals surface area contributed by atoms with Crippen LogP contribution in [-0.2, 0) is 10.2 Å². The van der Waals surface area contributed by atoms with Crippen LogP contribution >= 0.6 is 0 Å². The molecule has 1 N–H and O–H groups in total. The van der Waals surface area contributed by atoms with Gasteiger partial charge in [-0.25, -0.2) is 0 Å². The van der Waals surface area contributed by atoms with Crippen LogP contribution < -0.4 is 0 Å². The Morgan fingerprint density at radius 2 is 1.12 bits per heavy atom. The summed E-state index contributed by atoms with van der Waals surface area (Å²) in [7, 11) is 0. The molecule has 0 radical (unpaired) electrons. The highest BCUT2D eigenvalue weighted by atomic mass is 16.4. The summed E-state index contributed by atoms with van der Waals surface area (Å²) < 4.78 is 0. The number of aliphatic carboxylic acids is 1. The summed E-state index contributed by atoms with van der Waals surface area (Å²) in [6.45, 7) is 3.88. The molecule has 162 valence electrons. The fourth-order valence-corrected chi connectivity index (χ4v) is 5.34. The molecule has 33 heavy (non-hydrogen) atoms. The van der Waals surface area contributed by atoms with Gasteiger partial charge in [0.2, 0.25) is 0 Å². The molecule has 0 saturated heterocycles. The van der Waals surface area contributed by atoms with Crippen molar-refractivity contribution >= 4 is 27.5 Å². The van der Waals surface area contributed by atoms with E-state index in [2.05, 4.69) is 48.5 Å².